The van der Waals surface area contributed by atoms with E-state index in [4.69, 9.17) is 5.11 Å². The van der Waals surface area contributed by atoms with Crippen LogP contribution in [0.3, 0.4) is 0 Å². The normalized spacial score (nSPS) is 12.9. The molecule has 110 valence electrons. The number of aliphatic carboxylic acids is 1. The van der Waals surface area contributed by atoms with E-state index in [1.165, 1.54) is 0 Å². The molecule has 1 atom stereocenters. The Morgan fingerprint density at radius 3 is 2.25 bits per heavy atom. The fourth-order valence-electron chi connectivity index (χ4n) is 1.55. The molecule has 0 bridgehead atoms. The van der Waals surface area contributed by atoms with Gasteiger partial charge in [0.25, 0.3) is 0 Å². The zero-order valence-electron chi connectivity index (χ0n) is 9.91. The molecule has 0 saturated heterocycles. The molecule has 0 aliphatic heterocycles. The van der Waals surface area contributed by atoms with Gasteiger partial charge < -0.3 is 10.0 Å². The van der Waals surface area contributed by atoms with E-state index in [9.17, 15) is 31.5 Å². The molecule has 9 heteroatoms. The lowest BCUT2D eigenvalue weighted by atomic mass is 10.0. The van der Waals surface area contributed by atoms with Crippen LogP contribution in [-0.4, -0.2) is 35.1 Å². The van der Waals surface area contributed by atoms with Crippen LogP contribution < -0.4 is 0 Å². The molecule has 0 aromatic heterocycles. The summed E-state index contributed by atoms with van der Waals surface area (Å²) < 4.78 is 63.2. The number of alkyl halides is 3. The second-order valence-electron chi connectivity index (χ2n) is 3.82. The standard InChI is InChI=1S/C11H8F5NO3/c1-17(10(20)11(14,15)16)8(9(18)19)6-4-5(12)2-3-7(6)13/h2-4,8H,1H3,(H,18,19). The van der Waals surface area contributed by atoms with Crippen molar-refractivity contribution < 1.29 is 36.6 Å². The minimum atomic E-state index is -5.33. The molecular formula is C11H8F5NO3. The predicted octanol–water partition coefficient (Wildman–Crippen LogP) is 2.11. The van der Waals surface area contributed by atoms with Crippen LogP contribution >= 0.6 is 0 Å². The third-order valence-corrected chi connectivity index (χ3v) is 2.44. The third kappa shape index (κ3) is 3.22. The average Bonchev–Trinajstić information content (AvgIpc) is 2.31. The van der Waals surface area contributed by atoms with Gasteiger partial charge in [-0.2, -0.15) is 13.2 Å². The molecule has 0 aliphatic carbocycles. The maximum absolute atomic E-state index is 13.5. The van der Waals surface area contributed by atoms with E-state index in [0.29, 0.717) is 25.2 Å². The lowest BCUT2D eigenvalue weighted by Crippen LogP contribution is -2.43. The Labute approximate surface area is 109 Å². The highest BCUT2D eigenvalue weighted by Gasteiger charge is 2.45. The summed E-state index contributed by atoms with van der Waals surface area (Å²) >= 11 is 0. The van der Waals surface area contributed by atoms with Crippen molar-refractivity contribution in [3.05, 3.63) is 35.4 Å². The summed E-state index contributed by atoms with van der Waals surface area (Å²) in [6.07, 6.45) is -5.33. The van der Waals surface area contributed by atoms with Crippen LogP contribution in [0.4, 0.5) is 22.0 Å². The molecule has 20 heavy (non-hydrogen) atoms. The Balaban J connectivity index is 3.29. The molecule has 0 radical (unpaired) electrons. The number of benzene rings is 1. The topological polar surface area (TPSA) is 57.6 Å². The van der Waals surface area contributed by atoms with Gasteiger partial charge in [-0.25, -0.2) is 13.6 Å². The molecule has 0 spiro atoms. The fraction of sp³-hybridized carbons (Fsp3) is 0.273. The molecule has 1 unspecified atom stereocenters. The van der Waals surface area contributed by atoms with Gasteiger partial charge in [-0.15, -0.1) is 0 Å². The van der Waals surface area contributed by atoms with Crippen LogP contribution in [0, 0.1) is 11.6 Å². The number of hydrogen-bond acceptors (Lipinski definition) is 2. The molecule has 0 fully saturated rings. The highest BCUT2D eigenvalue weighted by molar-refractivity contribution is 5.87. The monoisotopic (exact) mass is 297 g/mol. The number of hydrogen-bond donors (Lipinski definition) is 1. The van der Waals surface area contributed by atoms with E-state index < -0.39 is 41.3 Å². The van der Waals surface area contributed by atoms with Crippen LogP contribution in [0.1, 0.15) is 11.6 Å². The van der Waals surface area contributed by atoms with E-state index in [1.54, 1.807) is 0 Å². The number of likely N-dealkylation sites (N-methyl/N-ethyl adjacent to an activating group) is 1. The average molecular weight is 297 g/mol. The zero-order valence-corrected chi connectivity index (χ0v) is 9.91. The Bertz CT molecular complexity index is 543. The van der Waals surface area contributed by atoms with Gasteiger partial charge in [-0.3, -0.25) is 4.79 Å². The molecule has 1 rings (SSSR count). The molecular weight excluding hydrogens is 289 g/mol. The summed E-state index contributed by atoms with van der Waals surface area (Å²) in [5, 5.41) is 8.88. The highest BCUT2D eigenvalue weighted by Crippen LogP contribution is 2.28. The first kappa shape index (κ1) is 15.9. The minimum Gasteiger partial charge on any atom is -0.479 e. The molecule has 4 nitrogen and oxygen atoms in total. The maximum atomic E-state index is 13.5. The van der Waals surface area contributed by atoms with Gasteiger partial charge in [0.1, 0.15) is 11.6 Å². The molecule has 0 aliphatic rings. The molecule has 1 N–H and O–H groups in total. The second kappa shape index (κ2) is 5.43. The largest absolute Gasteiger partial charge is 0.479 e. The maximum Gasteiger partial charge on any atom is 0.471 e. The summed E-state index contributed by atoms with van der Waals surface area (Å²) in [4.78, 5) is 21.8. The van der Waals surface area contributed by atoms with Gasteiger partial charge in [-0.1, -0.05) is 0 Å². The molecule has 0 saturated carbocycles. The van der Waals surface area contributed by atoms with E-state index in [-0.39, 0.29) is 4.90 Å². The fourth-order valence-corrected chi connectivity index (χ4v) is 1.55. The van der Waals surface area contributed by atoms with Crippen molar-refractivity contribution in [3.63, 3.8) is 0 Å². The Morgan fingerprint density at radius 2 is 1.80 bits per heavy atom. The van der Waals surface area contributed by atoms with Crippen LogP contribution in [0.25, 0.3) is 0 Å². The number of carbonyl (C=O) groups is 2. The van der Waals surface area contributed by atoms with E-state index >= 15 is 0 Å². The zero-order chi connectivity index (χ0) is 15.7. The Morgan fingerprint density at radius 1 is 1.25 bits per heavy atom. The third-order valence-electron chi connectivity index (χ3n) is 2.44. The van der Waals surface area contributed by atoms with Crippen molar-refractivity contribution in [3.8, 4) is 0 Å². The number of nitrogens with zero attached hydrogens (tertiary/aromatic N) is 1. The van der Waals surface area contributed by atoms with Crippen molar-refractivity contribution in [1.29, 1.82) is 0 Å². The van der Waals surface area contributed by atoms with Crippen molar-refractivity contribution in [2.45, 2.75) is 12.2 Å². The Kier molecular flexibility index (Phi) is 4.31. The second-order valence-corrected chi connectivity index (χ2v) is 3.82. The van der Waals surface area contributed by atoms with Crippen molar-refractivity contribution in [2.24, 2.45) is 0 Å². The number of rotatable bonds is 3. The lowest BCUT2D eigenvalue weighted by Gasteiger charge is -2.26. The van der Waals surface area contributed by atoms with Crippen LogP contribution in [0.15, 0.2) is 18.2 Å². The highest BCUT2D eigenvalue weighted by atomic mass is 19.4. The summed E-state index contributed by atoms with van der Waals surface area (Å²) in [5.41, 5.74) is -0.877. The van der Waals surface area contributed by atoms with Crippen molar-refractivity contribution in [2.75, 3.05) is 7.05 Å². The van der Waals surface area contributed by atoms with Crippen LogP contribution in [-0.2, 0) is 9.59 Å². The number of carbonyl (C=O) groups excluding carboxylic acids is 1. The Hall–Kier alpha value is -2.19. The number of halogens is 5. The molecule has 1 aromatic carbocycles. The summed E-state index contributed by atoms with van der Waals surface area (Å²) in [5.74, 6) is -6.68. The lowest BCUT2D eigenvalue weighted by molar-refractivity contribution is -0.188. The van der Waals surface area contributed by atoms with E-state index in [1.807, 2.05) is 0 Å². The first-order valence-electron chi connectivity index (χ1n) is 5.07. The van der Waals surface area contributed by atoms with Crippen molar-refractivity contribution >= 4 is 11.9 Å². The first-order chi connectivity index (χ1) is 9.05. The van der Waals surface area contributed by atoms with Crippen molar-refractivity contribution in [1.82, 2.24) is 4.90 Å². The SMILES string of the molecule is CN(C(=O)C(F)(F)F)C(C(=O)O)c1cc(F)ccc1F. The van der Waals surface area contributed by atoms with Crippen LogP contribution in [0.2, 0.25) is 0 Å². The predicted molar refractivity (Wildman–Crippen MR) is 55.6 cm³/mol. The van der Waals surface area contributed by atoms with Gasteiger partial charge in [0.15, 0.2) is 6.04 Å². The quantitative estimate of drug-likeness (QED) is 0.869. The van der Waals surface area contributed by atoms with E-state index in [2.05, 4.69) is 0 Å². The molecule has 1 amide bonds. The van der Waals surface area contributed by atoms with Crippen LogP contribution in [0.5, 0.6) is 0 Å². The first-order valence-corrected chi connectivity index (χ1v) is 5.07. The van der Waals surface area contributed by atoms with Gasteiger partial charge in [0, 0.05) is 12.6 Å². The summed E-state index contributed by atoms with van der Waals surface area (Å²) in [6.45, 7) is 0. The van der Waals surface area contributed by atoms with Gasteiger partial charge in [0.05, 0.1) is 0 Å². The van der Waals surface area contributed by atoms with Gasteiger partial charge in [0.2, 0.25) is 0 Å². The number of amides is 1. The van der Waals surface area contributed by atoms with Gasteiger partial charge >= 0.3 is 18.1 Å². The van der Waals surface area contributed by atoms with Gasteiger partial charge in [-0.05, 0) is 18.2 Å². The van der Waals surface area contributed by atoms with E-state index in [0.717, 1.165) is 0 Å². The minimum absolute atomic E-state index is 0.208. The molecule has 0 heterocycles. The number of carboxylic acid groups (broad SMARTS) is 1. The summed E-state index contributed by atoms with van der Waals surface area (Å²) in [6, 6.07) is -0.635. The number of carboxylic acids is 1. The summed E-state index contributed by atoms with van der Waals surface area (Å²) in [7, 11) is 0.541. The smallest absolute Gasteiger partial charge is 0.471 e. The molecule has 1 aromatic rings.